The topological polar surface area (TPSA) is 33.7 Å². The summed E-state index contributed by atoms with van der Waals surface area (Å²) in [5.74, 6) is 2.87. The van der Waals surface area contributed by atoms with Crippen molar-refractivity contribution in [3.05, 3.63) is 186 Å². The molecule has 0 saturated heterocycles. The van der Waals surface area contributed by atoms with Crippen LogP contribution in [0.1, 0.15) is 62.8 Å². The molecule has 3 heterocycles. The van der Waals surface area contributed by atoms with Crippen molar-refractivity contribution in [1.29, 1.82) is 0 Å². The minimum absolute atomic E-state index is 0.0343. The van der Waals surface area contributed by atoms with E-state index in [9.17, 15) is 0 Å². The molecule has 6 heteroatoms. The minimum atomic E-state index is -1.92. The van der Waals surface area contributed by atoms with Gasteiger partial charge in [-0.1, -0.05) is 118 Å². The molecule has 0 aromatic heterocycles. The van der Waals surface area contributed by atoms with Crippen LogP contribution in [-0.2, 0) is 10.8 Å². The number of hydrogen-bond donors (Lipinski definition) is 1. The predicted molar refractivity (Wildman–Crippen MR) is 266 cm³/mol. The SMILES string of the molecule is Cc1cc(-c2cccc3c2Nc2ccccc2S3(c2ccccc2)c2ccccc2)c2c(c1)N(c1cc3c(cc1C)C(C)(C)CCC3(C)C)c1cc3c(cc1[B]2)Oc1ccccc1O3. The molecule has 12 rings (SSSR count). The lowest BCUT2D eigenvalue weighted by molar-refractivity contribution is 0.332. The van der Waals surface area contributed by atoms with Gasteiger partial charge in [-0.05, 0) is 144 Å². The Balaban J connectivity index is 1.12. The first-order valence-electron chi connectivity index (χ1n) is 22.5. The molecule has 0 bridgehead atoms. The first kappa shape index (κ1) is 39.0. The Labute approximate surface area is 379 Å². The van der Waals surface area contributed by atoms with E-state index in [4.69, 9.17) is 9.47 Å². The van der Waals surface area contributed by atoms with Gasteiger partial charge in [0.15, 0.2) is 30.3 Å². The normalized spacial score (nSPS) is 16.9. The molecule has 0 spiro atoms. The fraction of sp³-hybridized carbons (Fsp3) is 0.172. The van der Waals surface area contributed by atoms with Crippen LogP contribution < -0.4 is 30.6 Å². The molecule has 4 aliphatic rings. The number of para-hydroxylation sites is 4. The highest BCUT2D eigenvalue weighted by molar-refractivity contribution is 8.34. The Kier molecular flexibility index (Phi) is 8.65. The number of anilines is 5. The summed E-state index contributed by atoms with van der Waals surface area (Å²) in [6.07, 6.45) is 2.31. The second-order valence-corrected chi connectivity index (χ2v) is 22.3. The van der Waals surface area contributed by atoms with E-state index in [1.165, 1.54) is 70.5 Å². The zero-order chi connectivity index (χ0) is 43.5. The Morgan fingerprint density at radius 3 is 1.81 bits per heavy atom. The van der Waals surface area contributed by atoms with Crippen molar-refractivity contribution in [1.82, 2.24) is 0 Å². The van der Waals surface area contributed by atoms with Crippen LogP contribution in [0.5, 0.6) is 23.0 Å². The highest BCUT2D eigenvalue weighted by Crippen LogP contribution is 2.78. The van der Waals surface area contributed by atoms with Crippen LogP contribution in [0.25, 0.3) is 11.1 Å². The fourth-order valence-electron chi connectivity index (χ4n) is 10.8. The summed E-state index contributed by atoms with van der Waals surface area (Å²) in [7, 11) is 0.459. The zero-order valence-corrected chi connectivity index (χ0v) is 38.1. The molecule has 8 aromatic rings. The molecular weight excluding hydrogens is 800 g/mol. The molecular formula is C58H50BN2O2S. The molecule has 313 valence electrons. The number of nitrogens with one attached hydrogen (secondary N) is 1. The number of hydrogen-bond acceptors (Lipinski definition) is 4. The van der Waals surface area contributed by atoms with E-state index in [1.807, 2.05) is 24.3 Å². The minimum Gasteiger partial charge on any atom is -0.450 e. The molecule has 1 N–H and O–H groups in total. The van der Waals surface area contributed by atoms with Crippen LogP contribution in [0.15, 0.2) is 183 Å². The molecule has 0 saturated carbocycles. The highest BCUT2D eigenvalue weighted by Gasteiger charge is 2.42. The quantitative estimate of drug-likeness (QED) is 0.179. The largest absolute Gasteiger partial charge is 0.450 e. The van der Waals surface area contributed by atoms with Crippen LogP contribution in [-0.4, -0.2) is 7.28 Å². The Morgan fingerprint density at radius 1 is 0.531 bits per heavy atom. The van der Waals surface area contributed by atoms with Crippen LogP contribution in [0.3, 0.4) is 0 Å². The third-order valence-electron chi connectivity index (χ3n) is 14.2. The predicted octanol–water partition coefficient (Wildman–Crippen LogP) is 15.1. The summed E-state index contributed by atoms with van der Waals surface area (Å²) in [6.45, 7) is 14.2. The van der Waals surface area contributed by atoms with E-state index in [0.717, 1.165) is 46.1 Å². The molecule has 0 unspecified atom stereocenters. The van der Waals surface area contributed by atoms with Gasteiger partial charge in [0.25, 0.3) is 0 Å². The van der Waals surface area contributed by atoms with Gasteiger partial charge in [-0.3, -0.25) is 0 Å². The third kappa shape index (κ3) is 5.78. The van der Waals surface area contributed by atoms with Gasteiger partial charge in [-0.25, -0.2) is 0 Å². The smallest absolute Gasteiger partial charge is 0.198 e. The second kappa shape index (κ2) is 14.2. The van der Waals surface area contributed by atoms with Crippen molar-refractivity contribution < 1.29 is 9.47 Å². The first-order chi connectivity index (χ1) is 31.0. The van der Waals surface area contributed by atoms with Crippen LogP contribution >= 0.6 is 10.0 Å². The van der Waals surface area contributed by atoms with Crippen molar-refractivity contribution in [3.63, 3.8) is 0 Å². The van der Waals surface area contributed by atoms with Crippen molar-refractivity contribution in [2.24, 2.45) is 0 Å². The lowest BCUT2D eigenvalue weighted by Gasteiger charge is -2.47. The summed E-state index contributed by atoms with van der Waals surface area (Å²) in [5.41, 5.74) is 15.8. The van der Waals surface area contributed by atoms with Crippen molar-refractivity contribution in [2.75, 3.05) is 10.2 Å². The van der Waals surface area contributed by atoms with Crippen LogP contribution in [0.2, 0.25) is 0 Å². The third-order valence-corrected chi connectivity index (χ3v) is 18.2. The molecule has 0 amide bonds. The van der Waals surface area contributed by atoms with Gasteiger partial charge in [-0.2, -0.15) is 0 Å². The lowest BCUT2D eigenvalue weighted by Crippen LogP contribution is -2.42. The van der Waals surface area contributed by atoms with E-state index >= 15 is 0 Å². The van der Waals surface area contributed by atoms with Gasteiger partial charge in [0.1, 0.15) is 0 Å². The monoisotopic (exact) mass is 849 g/mol. The maximum Gasteiger partial charge on any atom is 0.198 e. The highest BCUT2D eigenvalue weighted by atomic mass is 32.3. The number of rotatable bonds is 4. The standard InChI is InChI=1S/C58H50BN2O2S/c1-36-30-41(40-22-17-27-54-56(40)60-45-23-13-16-26-53(45)64(54,38-18-9-7-10-19-38)39-20-11-8-12-21-39)55-48(31-36)61(46-33-43-42(32-37(46)2)57(3,4)28-29-58(43,5)6)47-35-52-51(34-44(47)59-55)62-49-24-14-15-25-50(49)63-52/h7-27,30-35,60H,28-29H2,1-6H3. The number of benzene rings is 8. The summed E-state index contributed by atoms with van der Waals surface area (Å²) in [5, 5.41) is 4.06. The van der Waals surface area contributed by atoms with Gasteiger partial charge in [0.2, 0.25) is 0 Å². The van der Waals surface area contributed by atoms with Crippen molar-refractivity contribution in [3.8, 4) is 34.1 Å². The van der Waals surface area contributed by atoms with Gasteiger partial charge in [-0.15, -0.1) is 10.0 Å². The number of nitrogens with zero attached hydrogens (tertiary/aromatic N) is 1. The van der Waals surface area contributed by atoms with E-state index in [-0.39, 0.29) is 10.8 Å². The van der Waals surface area contributed by atoms with Gasteiger partial charge < -0.3 is 19.7 Å². The number of ether oxygens (including phenoxy) is 2. The molecule has 1 aliphatic carbocycles. The van der Waals surface area contributed by atoms with Crippen LogP contribution in [0, 0.1) is 13.8 Å². The summed E-state index contributed by atoms with van der Waals surface area (Å²) in [6, 6.07) is 60.3. The average molecular weight is 850 g/mol. The van der Waals surface area contributed by atoms with E-state index in [1.54, 1.807) is 0 Å². The lowest BCUT2D eigenvalue weighted by atomic mass is 9.57. The van der Waals surface area contributed by atoms with E-state index < -0.39 is 10.0 Å². The number of fused-ring (bicyclic) bond motifs is 7. The Bertz CT molecular complexity index is 3170. The van der Waals surface area contributed by atoms with Gasteiger partial charge in [0, 0.05) is 48.3 Å². The van der Waals surface area contributed by atoms with Crippen molar-refractivity contribution in [2.45, 2.75) is 84.8 Å². The first-order valence-corrected chi connectivity index (χ1v) is 24.2. The second-order valence-electron chi connectivity index (χ2n) is 19.2. The van der Waals surface area contributed by atoms with E-state index in [0.29, 0.717) is 11.5 Å². The maximum absolute atomic E-state index is 6.63. The average Bonchev–Trinajstić information content (AvgIpc) is 3.30. The molecule has 0 fully saturated rings. The van der Waals surface area contributed by atoms with Gasteiger partial charge in [0.05, 0.1) is 11.4 Å². The summed E-state index contributed by atoms with van der Waals surface area (Å²) >= 11 is 0. The molecule has 4 nitrogen and oxygen atoms in total. The molecule has 0 atom stereocenters. The Hall–Kier alpha value is -6.63. The number of aryl methyl sites for hydroxylation is 2. The van der Waals surface area contributed by atoms with Crippen LogP contribution in [0.4, 0.5) is 28.4 Å². The Morgan fingerprint density at radius 2 is 1.12 bits per heavy atom. The molecule has 64 heavy (non-hydrogen) atoms. The van der Waals surface area contributed by atoms with E-state index in [2.05, 4.69) is 199 Å². The molecule has 8 aromatic carbocycles. The fourth-order valence-corrected chi connectivity index (χ4v) is 15.0. The summed E-state index contributed by atoms with van der Waals surface area (Å²) in [4.78, 5) is 7.76. The molecule has 1 radical (unpaired) electrons. The molecule has 3 aliphatic heterocycles. The van der Waals surface area contributed by atoms with Crippen molar-refractivity contribution >= 4 is 56.7 Å². The van der Waals surface area contributed by atoms with Gasteiger partial charge >= 0.3 is 0 Å². The zero-order valence-electron chi connectivity index (χ0n) is 37.3. The summed E-state index contributed by atoms with van der Waals surface area (Å²) < 4.78 is 13.2. The maximum atomic E-state index is 6.63.